The number of aromatic nitrogens is 1. The van der Waals surface area contributed by atoms with Crippen LogP contribution < -0.4 is 5.32 Å². The second kappa shape index (κ2) is 7.72. The summed E-state index contributed by atoms with van der Waals surface area (Å²) in [5.74, 6) is 0.0440. The maximum absolute atomic E-state index is 13.4. The first-order valence-electron chi connectivity index (χ1n) is 9.67. The molecule has 152 valence electrons. The van der Waals surface area contributed by atoms with Gasteiger partial charge in [-0.25, -0.2) is 8.42 Å². The van der Waals surface area contributed by atoms with Crippen LogP contribution in [0.1, 0.15) is 47.1 Å². The number of piperidine rings is 1. The molecule has 1 atom stereocenters. The van der Waals surface area contributed by atoms with E-state index in [2.05, 4.69) is 12.2 Å². The molecule has 1 aromatic carbocycles. The largest absolute Gasteiger partial charge is 0.342 e. The van der Waals surface area contributed by atoms with E-state index in [9.17, 15) is 13.2 Å². The van der Waals surface area contributed by atoms with Gasteiger partial charge in [-0.05, 0) is 51.2 Å². The SMILES string of the molecule is Cc1ccccc1NC(=O)c1c(C)c(S(=O)(=O)N2CCCC(C)C2)c(C)n1C. The second-order valence-corrected chi connectivity index (χ2v) is 9.70. The van der Waals surface area contributed by atoms with Gasteiger partial charge < -0.3 is 9.88 Å². The molecule has 0 radical (unpaired) electrons. The molecule has 1 unspecified atom stereocenters. The average Bonchev–Trinajstić information content (AvgIpc) is 2.86. The highest BCUT2D eigenvalue weighted by molar-refractivity contribution is 7.89. The molecular weight excluding hydrogens is 374 g/mol. The lowest BCUT2D eigenvalue weighted by Gasteiger charge is -2.30. The summed E-state index contributed by atoms with van der Waals surface area (Å²) >= 11 is 0. The number of rotatable bonds is 4. The number of hydrogen-bond donors (Lipinski definition) is 1. The maximum Gasteiger partial charge on any atom is 0.272 e. The topological polar surface area (TPSA) is 71.4 Å². The van der Waals surface area contributed by atoms with Crippen LogP contribution in [0.15, 0.2) is 29.2 Å². The fraction of sp³-hybridized carbons (Fsp3) is 0.476. The summed E-state index contributed by atoms with van der Waals surface area (Å²) in [7, 11) is -1.90. The Kier molecular flexibility index (Phi) is 5.68. The van der Waals surface area contributed by atoms with Gasteiger partial charge in [-0.3, -0.25) is 4.79 Å². The molecule has 0 aliphatic carbocycles. The van der Waals surface area contributed by atoms with Gasteiger partial charge in [-0.2, -0.15) is 4.31 Å². The molecule has 1 amide bonds. The quantitative estimate of drug-likeness (QED) is 0.847. The van der Waals surface area contributed by atoms with Crippen molar-refractivity contribution in [2.24, 2.45) is 13.0 Å². The molecule has 1 aliphatic rings. The van der Waals surface area contributed by atoms with Gasteiger partial charge >= 0.3 is 0 Å². The van der Waals surface area contributed by atoms with Crippen molar-refractivity contribution < 1.29 is 13.2 Å². The highest BCUT2D eigenvalue weighted by Gasteiger charge is 2.35. The van der Waals surface area contributed by atoms with Gasteiger partial charge in [0.15, 0.2) is 0 Å². The van der Waals surface area contributed by atoms with Crippen molar-refractivity contribution in [1.82, 2.24) is 8.87 Å². The summed E-state index contributed by atoms with van der Waals surface area (Å²) in [6.07, 6.45) is 1.91. The van der Waals surface area contributed by atoms with Crippen LogP contribution in [0.25, 0.3) is 0 Å². The first-order chi connectivity index (χ1) is 13.1. The van der Waals surface area contributed by atoms with Crippen LogP contribution in [0.5, 0.6) is 0 Å². The number of nitrogens with one attached hydrogen (secondary N) is 1. The highest BCUT2D eigenvalue weighted by atomic mass is 32.2. The van der Waals surface area contributed by atoms with Gasteiger partial charge in [0.05, 0.1) is 0 Å². The summed E-state index contributed by atoms with van der Waals surface area (Å²) < 4.78 is 30.0. The first-order valence-corrected chi connectivity index (χ1v) is 11.1. The van der Waals surface area contributed by atoms with Gasteiger partial charge in [0.2, 0.25) is 10.0 Å². The molecule has 1 aromatic heterocycles. The minimum absolute atomic E-state index is 0.263. The van der Waals surface area contributed by atoms with Gasteiger partial charge in [-0.15, -0.1) is 0 Å². The number of anilines is 1. The van der Waals surface area contributed by atoms with Gasteiger partial charge in [0.1, 0.15) is 10.6 Å². The second-order valence-electron chi connectivity index (χ2n) is 7.83. The number of nitrogens with zero attached hydrogens (tertiary/aromatic N) is 2. The van der Waals surface area contributed by atoms with Crippen LogP contribution >= 0.6 is 0 Å². The Morgan fingerprint density at radius 1 is 1.18 bits per heavy atom. The van der Waals surface area contributed by atoms with E-state index in [1.807, 2.05) is 31.2 Å². The zero-order valence-electron chi connectivity index (χ0n) is 17.2. The Hall–Kier alpha value is -2.12. The third-order valence-corrected chi connectivity index (χ3v) is 7.82. The minimum Gasteiger partial charge on any atom is -0.342 e. The third kappa shape index (κ3) is 3.61. The molecule has 2 aromatic rings. The lowest BCUT2D eigenvalue weighted by molar-refractivity contribution is 0.101. The smallest absolute Gasteiger partial charge is 0.272 e. The Morgan fingerprint density at radius 3 is 2.50 bits per heavy atom. The lowest BCUT2D eigenvalue weighted by atomic mass is 10.0. The average molecular weight is 404 g/mol. The van der Waals surface area contributed by atoms with Crippen molar-refractivity contribution in [1.29, 1.82) is 0 Å². The van der Waals surface area contributed by atoms with Crippen molar-refractivity contribution >= 4 is 21.6 Å². The van der Waals surface area contributed by atoms with Crippen LogP contribution in [-0.2, 0) is 17.1 Å². The van der Waals surface area contributed by atoms with E-state index in [0.717, 1.165) is 24.1 Å². The van der Waals surface area contributed by atoms with Crippen molar-refractivity contribution in [3.05, 3.63) is 46.8 Å². The van der Waals surface area contributed by atoms with Crippen LogP contribution in [0.4, 0.5) is 5.69 Å². The predicted molar refractivity (Wildman–Crippen MR) is 111 cm³/mol. The van der Waals surface area contributed by atoms with Crippen molar-refractivity contribution in [3.63, 3.8) is 0 Å². The molecule has 2 heterocycles. The van der Waals surface area contributed by atoms with Crippen LogP contribution in [0.2, 0.25) is 0 Å². The number of sulfonamides is 1. The molecule has 3 rings (SSSR count). The number of carbonyl (C=O) groups is 1. The zero-order chi connectivity index (χ0) is 20.6. The summed E-state index contributed by atoms with van der Waals surface area (Å²) in [5.41, 5.74) is 3.15. The third-order valence-electron chi connectivity index (χ3n) is 5.69. The number of hydrogen-bond acceptors (Lipinski definition) is 3. The molecule has 1 fully saturated rings. The van der Waals surface area contributed by atoms with Crippen LogP contribution in [0.3, 0.4) is 0 Å². The van der Waals surface area contributed by atoms with E-state index >= 15 is 0 Å². The molecule has 7 heteroatoms. The molecular formula is C21H29N3O3S. The molecule has 1 N–H and O–H groups in total. The number of aryl methyl sites for hydroxylation is 1. The molecule has 0 bridgehead atoms. The Labute approximate surface area is 167 Å². The summed E-state index contributed by atoms with van der Waals surface area (Å²) in [6, 6.07) is 7.53. The number of para-hydroxylation sites is 1. The zero-order valence-corrected chi connectivity index (χ0v) is 18.1. The number of benzene rings is 1. The molecule has 0 saturated carbocycles. The summed E-state index contributed by atoms with van der Waals surface area (Å²) in [6.45, 7) is 8.55. The van der Waals surface area contributed by atoms with Crippen LogP contribution in [-0.4, -0.2) is 36.3 Å². The monoisotopic (exact) mass is 403 g/mol. The Morgan fingerprint density at radius 2 is 1.86 bits per heavy atom. The van der Waals surface area contributed by atoms with E-state index < -0.39 is 10.0 Å². The van der Waals surface area contributed by atoms with E-state index in [0.29, 0.717) is 36.0 Å². The number of carbonyl (C=O) groups excluding carboxylic acids is 1. The van der Waals surface area contributed by atoms with E-state index in [4.69, 9.17) is 0 Å². The molecule has 6 nitrogen and oxygen atoms in total. The normalized spacial score (nSPS) is 18.2. The highest BCUT2D eigenvalue weighted by Crippen LogP contribution is 2.31. The van der Waals surface area contributed by atoms with E-state index in [1.165, 1.54) is 0 Å². The predicted octanol–water partition coefficient (Wildman–Crippen LogP) is 3.62. The Balaban J connectivity index is 2.00. The minimum atomic E-state index is -3.64. The van der Waals surface area contributed by atoms with Gasteiger partial charge in [-0.1, -0.05) is 25.1 Å². The van der Waals surface area contributed by atoms with E-state index in [-0.39, 0.29) is 10.8 Å². The fourth-order valence-electron chi connectivity index (χ4n) is 4.04. The van der Waals surface area contributed by atoms with Crippen molar-refractivity contribution in [2.45, 2.75) is 45.4 Å². The van der Waals surface area contributed by atoms with Crippen LogP contribution in [0, 0.1) is 26.7 Å². The van der Waals surface area contributed by atoms with E-state index in [1.54, 1.807) is 29.8 Å². The van der Waals surface area contributed by atoms with Gasteiger partial charge in [0.25, 0.3) is 5.91 Å². The number of amides is 1. The molecule has 1 aliphatic heterocycles. The standard InChI is InChI=1S/C21H29N3O3S/c1-14-9-8-12-24(13-14)28(26,27)20-16(3)19(23(5)17(20)4)21(25)22-18-11-7-6-10-15(18)2/h6-7,10-11,14H,8-9,12-13H2,1-5H3,(H,22,25). The first kappa shape index (κ1) is 20.6. The Bertz CT molecular complexity index is 1010. The fourth-order valence-corrected chi connectivity index (χ4v) is 6.11. The molecule has 1 saturated heterocycles. The summed E-state index contributed by atoms with van der Waals surface area (Å²) in [5, 5.41) is 2.92. The molecule has 0 spiro atoms. The lowest BCUT2D eigenvalue weighted by Crippen LogP contribution is -2.39. The van der Waals surface area contributed by atoms with Crippen molar-refractivity contribution in [2.75, 3.05) is 18.4 Å². The van der Waals surface area contributed by atoms with Gasteiger partial charge in [0, 0.05) is 37.1 Å². The molecule has 28 heavy (non-hydrogen) atoms. The van der Waals surface area contributed by atoms with Crippen molar-refractivity contribution in [3.8, 4) is 0 Å². The maximum atomic E-state index is 13.4. The summed E-state index contributed by atoms with van der Waals surface area (Å²) in [4.78, 5) is 13.3.